The third kappa shape index (κ3) is 4.99. The number of rotatable bonds is 7. The SMILES string of the molecule is C=CC(=O)Nc1ccc(-c2cccc([C@H](C)C(=O)Nc3ncc(CC)s3)c2)cc1F. The number of thiazole rings is 1. The molecule has 3 rings (SSSR count). The van der Waals surface area contributed by atoms with E-state index in [1.54, 1.807) is 12.3 Å². The molecule has 154 valence electrons. The predicted molar refractivity (Wildman–Crippen MR) is 119 cm³/mol. The fourth-order valence-corrected chi connectivity index (χ4v) is 3.62. The number of amides is 2. The van der Waals surface area contributed by atoms with Crippen LogP contribution in [-0.4, -0.2) is 16.8 Å². The normalized spacial score (nSPS) is 11.6. The van der Waals surface area contributed by atoms with Crippen molar-refractivity contribution in [3.63, 3.8) is 0 Å². The lowest BCUT2D eigenvalue weighted by Gasteiger charge is -2.13. The Hall–Kier alpha value is -3.32. The summed E-state index contributed by atoms with van der Waals surface area (Å²) in [5.74, 6) is -1.59. The number of hydrogen-bond acceptors (Lipinski definition) is 4. The van der Waals surface area contributed by atoms with Gasteiger partial charge in [-0.05, 0) is 48.2 Å². The lowest BCUT2D eigenvalue weighted by molar-refractivity contribution is -0.117. The van der Waals surface area contributed by atoms with Gasteiger partial charge in [0.05, 0.1) is 11.6 Å². The summed E-state index contributed by atoms with van der Waals surface area (Å²) in [7, 11) is 0. The van der Waals surface area contributed by atoms with Gasteiger partial charge in [0.2, 0.25) is 11.8 Å². The molecule has 2 aromatic carbocycles. The zero-order valence-corrected chi connectivity index (χ0v) is 17.6. The van der Waals surface area contributed by atoms with Crippen molar-refractivity contribution in [2.75, 3.05) is 10.6 Å². The van der Waals surface area contributed by atoms with Crippen LogP contribution >= 0.6 is 11.3 Å². The van der Waals surface area contributed by atoms with Gasteiger partial charge in [-0.2, -0.15) is 0 Å². The van der Waals surface area contributed by atoms with Gasteiger partial charge in [0, 0.05) is 11.1 Å². The van der Waals surface area contributed by atoms with Crippen molar-refractivity contribution in [3.8, 4) is 11.1 Å². The van der Waals surface area contributed by atoms with Crippen LogP contribution in [0.15, 0.2) is 61.3 Å². The zero-order chi connectivity index (χ0) is 21.7. The molecule has 0 unspecified atom stereocenters. The van der Waals surface area contributed by atoms with Gasteiger partial charge >= 0.3 is 0 Å². The van der Waals surface area contributed by atoms with E-state index in [4.69, 9.17) is 0 Å². The number of halogens is 1. The maximum atomic E-state index is 14.4. The Kier molecular flexibility index (Phi) is 6.74. The van der Waals surface area contributed by atoms with Crippen LogP contribution in [0.2, 0.25) is 0 Å². The molecule has 30 heavy (non-hydrogen) atoms. The van der Waals surface area contributed by atoms with Crippen molar-refractivity contribution in [3.05, 3.63) is 77.6 Å². The minimum Gasteiger partial charge on any atom is -0.320 e. The standard InChI is InChI=1S/C23H22FN3O2S/c1-4-18-13-25-23(30-18)27-22(29)14(3)15-7-6-8-16(11-15)17-9-10-20(19(24)12-17)26-21(28)5-2/h5-14H,2,4H2,1,3H3,(H,26,28)(H,25,27,29)/t14-/m0/s1. The molecule has 0 bridgehead atoms. The fraction of sp³-hybridized carbons (Fsp3) is 0.174. The summed E-state index contributed by atoms with van der Waals surface area (Å²) in [6, 6.07) is 12.0. The zero-order valence-electron chi connectivity index (χ0n) is 16.7. The second-order valence-corrected chi connectivity index (χ2v) is 7.82. The Bertz CT molecular complexity index is 1090. The summed E-state index contributed by atoms with van der Waals surface area (Å²) >= 11 is 1.46. The molecule has 1 aromatic heterocycles. The van der Waals surface area contributed by atoms with Crippen LogP contribution in [0.25, 0.3) is 11.1 Å². The van der Waals surface area contributed by atoms with E-state index in [-0.39, 0.29) is 11.6 Å². The summed E-state index contributed by atoms with van der Waals surface area (Å²) in [6.07, 6.45) is 3.72. The summed E-state index contributed by atoms with van der Waals surface area (Å²) in [6.45, 7) is 7.21. The molecule has 0 aliphatic heterocycles. The molecule has 2 amide bonds. The monoisotopic (exact) mass is 423 g/mol. The lowest BCUT2D eigenvalue weighted by atomic mass is 9.95. The van der Waals surface area contributed by atoms with E-state index in [9.17, 15) is 14.0 Å². The number of nitrogens with one attached hydrogen (secondary N) is 2. The summed E-state index contributed by atoms with van der Waals surface area (Å²) in [4.78, 5) is 29.3. The average Bonchev–Trinajstić information content (AvgIpc) is 3.22. The molecule has 0 radical (unpaired) electrons. The third-order valence-corrected chi connectivity index (χ3v) is 5.71. The van der Waals surface area contributed by atoms with Crippen molar-refractivity contribution in [2.24, 2.45) is 0 Å². The first-order valence-corrected chi connectivity index (χ1v) is 10.3. The van der Waals surface area contributed by atoms with Crippen molar-refractivity contribution >= 4 is 34.0 Å². The number of nitrogens with zero attached hydrogens (tertiary/aromatic N) is 1. The van der Waals surface area contributed by atoms with E-state index in [0.29, 0.717) is 10.7 Å². The van der Waals surface area contributed by atoms with Crippen LogP contribution in [0.1, 0.15) is 30.2 Å². The van der Waals surface area contributed by atoms with Crippen molar-refractivity contribution in [1.29, 1.82) is 0 Å². The molecule has 2 N–H and O–H groups in total. The summed E-state index contributed by atoms with van der Waals surface area (Å²) in [5.41, 5.74) is 2.31. The van der Waals surface area contributed by atoms with Crippen LogP contribution in [0.5, 0.6) is 0 Å². The summed E-state index contributed by atoms with van der Waals surface area (Å²) < 4.78 is 14.4. The Morgan fingerprint density at radius 3 is 2.63 bits per heavy atom. The first-order valence-electron chi connectivity index (χ1n) is 9.50. The number of carbonyl (C=O) groups is 2. The Morgan fingerprint density at radius 1 is 1.20 bits per heavy atom. The molecule has 0 aliphatic rings. The van der Waals surface area contributed by atoms with E-state index in [1.807, 2.05) is 38.1 Å². The number of aromatic nitrogens is 1. The summed E-state index contributed by atoms with van der Waals surface area (Å²) in [5, 5.41) is 5.86. The van der Waals surface area contributed by atoms with Crippen molar-refractivity contribution in [2.45, 2.75) is 26.2 Å². The van der Waals surface area contributed by atoms with Crippen LogP contribution in [0.3, 0.4) is 0 Å². The molecule has 7 heteroatoms. The van der Waals surface area contributed by atoms with Crippen LogP contribution < -0.4 is 10.6 Å². The number of carbonyl (C=O) groups excluding carboxylic acids is 2. The van der Waals surface area contributed by atoms with Gasteiger partial charge in [-0.1, -0.05) is 43.8 Å². The topological polar surface area (TPSA) is 71.1 Å². The predicted octanol–water partition coefficient (Wildman–Crippen LogP) is 5.38. The molecule has 1 heterocycles. The molecule has 0 saturated carbocycles. The largest absolute Gasteiger partial charge is 0.320 e. The van der Waals surface area contributed by atoms with Gasteiger partial charge < -0.3 is 10.6 Å². The molecule has 0 aliphatic carbocycles. The molecule has 1 atom stereocenters. The van der Waals surface area contributed by atoms with Gasteiger partial charge in [-0.25, -0.2) is 9.37 Å². The number of anilines is 2. The quantitative estimate of drug-likeness (QED) is 0.501. The highest BCUT2D eigenvalue weighted by molar-refractivity contribution is 7.15. The highest BCUT2D eigenvalue weighted by atomic mass is 32.1. The van der Waals surface area contributed by atoms with Gasteiger partial charge in [0.15, 0.2) is 5.13 Å². The minimum atomic E-state index is -0.547. The number of benzene rings is 2. The molecule has 5 nitrogen and oxygen atoms in total. The molecule has 0 spiro atoms. The smallest absolute Gasteiger partial charge is 0.247 e. The molecule has 3 aromatic rings. The maximum Gasteiger partial charge on any atom is 0.247 e. The van der Waals surface area contributed by atoms with Crippen LogP contribution in [0, 0.1) is 5.82 Å². The van der Waals surface area contributed by atoms with Crippen molar-refractivity contribution < 1.29 is 14.0 Å². The van der Waals surface area contributed by atoms with E-state index in [0.717, 1.165) is 28.5 Å². The van der Waals surface area contributed by atoms with E-state index >= 15 is 0 Å². The number of aryl methyl sites for hydroxylation is 1. The Labute approximate surface area is 178 Å². The van der Waals surface area contributed by atoms with Gasteiger partial charge in [0.25, 0.3) is 0 Å². The van der Waals surface area contributed by atoms with E-state index in [1.165, 1.54) is 23.5 Å². The molecule has 0 saturated heterocycles. The van der Waals surface area contributed by atoms with Gasteiger partial charge in [0.1, 0.15) is 5.82 Å². The third-order valence-electron chi connectivity index (χ3n) is 4.66. The van der Waals surface area contributed by atoms with E-state index < -0.39 is 17.6 Å². The number of hydrogen-bond donors (Lipinski definition) is 2. The minimum absolute atomic E-state index is 0.0856. The first-order chi connectivity index (χ1) is 14.4. The van der Waals surface area contributed by atoms with Gasteiger partial charge in [-0.15, -0.1) is 11.3 Å². The Balaban J connectivity index is 1.78. The Morgan fingerprint density at radius 2 is 1.97 bits per heavy atom. The fourth-order valence-electron chi connectivity index (χ4n) is 2.86. The van der Waals surface area contributed by atoms with E-state index in [2.05, 4.69) is 22.2 Å². The molecular formula is C23H22FN3O2S. The average molecular weight is 424 g/mol. The highest BCUT2D eigenvalue weighted by Gasteiger charge is 2.17. The lowest BCUT2D eigenvalue weighted by Crippen LogP contribution is -2.18. The van der Waals surface area contributed by atoms with Crippen LogP contribution in [-0.2, 0) is 16.0 Å². The van der Waals surface area contributed by atoms with Crippen LogP contribution in [0.4, 0.5) is 15.2 Å². The van der Waals surface area contributed by atoms with Gasteiger partial charge in [-0.3, -0.25) is 9.59 Å². The first kappa shape index (κ1) is 21.4. The second kappa shape index (κ2) is 9.45. The second-order valence-electron chi connectivity index (χ2n) is 6.71. The maximum absolute atomic E-state index is 14.4. The molecular weight excluding hydrogens is 401 g/mol. The molecule has 0 fully saturated rings. The highest BCUT2D eigenvalue weighted by Crippen LogP contribution is 2.28. The van der Waals surface area contributed by atoms with Crippen molar-refractivity contribution in [1.82, 2.24) is 4.98 Å².